The number of carbonyl (C=O) groups is 2. The van der Waals surface area contributed by atoms with Crippen molar-refractivity contribution < 1.29 is 22.4 Å². The molecule has 0 aromatic heterocycles. The van der Waals surface area contributed by atoms with Crippen LogP contribution in [0.5, 0.6) is 0 Å². The van der Waals surface area contributed by atoms with E-state index in [1.54, 1.807) is 13.1 Å². The number of halogens is 1. The molecule has 0 bridgehead atoms. The molecule has 3 aliphatic rings. The summed E-state index contributed by atoms with van der Waals surface area (Å²) in [5, 5.41) is 1.89. The topological polar surface area (TPSA) is 90.0 Å². The van der Waals surface area contributed by atoms with E-state index in [-0.39, 0.29) is 24.4 Å². The van der Waals surface area contributed by atoms with Gasteiger partial charge in [-0.15, -0.1) is 0 Å². The number of piperidine rings is 1. The molecule has 1 unspecified atom stereocenters. The molecule has 1 spiro atoms. The van der Waals surface area contributed by atoms with Crippen molar-refractivity contribution >= 4 is 27.5 Å². The van der Waals surface area contributed by atoms with Crippen LogP contribution in [0.25, 0.3) is 0 Å². The van der Waals surface area contributed by atoms with E-state index in [1.165, 1.54) is 22.9 Å². The van der Waals surface area contributed by atoms with Crippen molar-refractivity contribution in [2.24, 2.45) is 0 Å². The molecule has 2 aromatic carbocycles. The number of hydrogen-bond donors (Lipinski definition) is 1. The summed E-state index contributed by atoms with van der Waals surface area (Å²) in [6, 6.07) is 13.5. The van der Waals surface area contributed by atoms with Crippen molar-refractivity contribution in [1.82, 2.24) is 15.1 Å². The van der Waals surface area contributed by atoms with Gasteiger partial charge in [0.25, 0.3) is 5.91 Å². The molecule has 198 valence electrons. The highest BCUT2D eigenvalue weighted by atomic mass is 32.2. The van der Waals surface area contributed by atoms with Crippen LogP contribution in [-0.4, -0.2) is 80.7 Å². The minimum atomic E-state index is -3.55. The Morgan fingerprint density at radius 3 is 2.32 bits per heavy atom. The molecule has 8 nitrogen and oxygen atoms in total. The summed E-state index contributed by atoms with van der Waals surface area (Å²) < 4.78 is 42.4. The first-order chi connectivity index (χ1) is 17.6. The zero-order valence-electron chi connectivity index (χ0n) is 21.4. The minimum Gasteiger partial charge on any atom is -0.371 e. The second-order valence-electron chi connectivity index (χ2n) is 10.4. The third-order valence-electron chi connectivity index (χ3n) is 8.50. The summed E-state index contributed by atoms with van der Waals surface area (Å²) in [4.78, 5) is 29.7. The van der Waals surface area contributed by atoms with Crippen LogP contribution >= 0.6 is 0 Å². The van der Waals surface area contributed by atoms with Crippen molar-refractivity contribution in [3.8, 4) is 0 Å². The second-order valence-corrected chi connectivity index (χ2v) is 12.8. The number of nitrogens with zero attached hydrogens (tertiary/aromatic N) is 3. The normalized spacial score (nSPS) is 27.2. The number of likely N-dealkylation sites (N-methyl/N-ethyl adjacent to an activating group) is 2. The fourth-order valence-electron chi connectivity index (χ4n) is 6.05. The van der Waals surface area contributed by atoms with E-state index in [9.17, 15) is 18.0 Å². The Kier molecular flexibility index (Phi) is 6.52. The molecule has 3 atom stereocenters. The van der Waals surface area contributed by atoms with Crippen LogP contribution in [0.3, 0.4) is 0 Å². The third-order valence-corrected chi connectivity index (χ3v) is 11.2. The van der Waals surface area contributed by atoms with E-state index in [0.717, 1.165) is 5.56 Å². The Morgan fingerprint density at radius 1 is 1.05 bits per heavy atom. The minimum absolute atomic E-state index is 0.0861. The highest BCUT2D eigenvalue weighted by Crippen LogP contribution is 2.37. The van der Waals surface area contributed by atoms with E-state index < -0.39 is 31.7 Å². The summed E-state index contributed by atoms with van der Waals surface area (Å²) in [5.41, 5.74) is 0.953. The molecule has 37 heavy (non-hydrogen) atoms. The van der Waals surface area contributed by atoms with Crippen LogP contribution < -0.4 is 10.2 Å². The number of imide groups is 1. The van der Waals surface area contributed by atoms with Gasteiger partial charge in [-0.2, -0.15) is 0 Å². The second kappa shape index (κ2) is 9.40. The SMILES string of the molecule is C[C@@H]1NC[C@@H](c2ccccc2)S(=O)(=O)C1Cc1ccc(N2CCC3(CC2)C(=O)N(C)C(=O)N3C)cc1F. The standard InChI is InChI=1S/C27H33FN4O4S/c1-18-23(37(35,36)24(17-29-18)19-7-5-4-6-8-19)15-20-9-10-21(16-22(20)28)32-13-11-27(12-14-32)25(33)30(2)26(34)31(27)3/h4-10,16,18,23-24,29H,11-15,17H2,1-3H3/t18-,23?,24-/m0/s1. The third kappa shape index (κ3) is 4.20. The molecular weight excluding hydrogens is 495 g/mol. The lowest BCUT2D eigenvalue weighted by molar-refractivity contribution is -0.133. The maximum atomic E-state index is 15.3. The van der Waals surface area contributed by atoms with Gasteiger partial charge in [0.15, 0.2) is 9.84 Å². The van der Waals surface area contributed by atoms with Gasteiger partial charge in [-0.05, 0) is 49.4 Å². The van der Waals surface area contributed by atoms with Crippen molar-refractivity contribution in [3.63, 3.8) is 0 Å². The number of sulfone groups is 1. The molecule has 1 N–H and O–H groups in total. The molecule has 3 fully saturated rings. The maximum Gasteiger partial charge on any atom is 0.327 e. The van der Waals surface area contributed by atoms with E-state index in [0.29, 0.717) is 43.7 Å². The molecule has 10 heteroatoms. The highest BCUT2D eigenvalue weighted by Gasteiger charge is 2.55. The summed E-state index contributed by atoms with van der Waals surface area (Å²) in [6.45, 7) is 3.18. The zero-order valence-corrected chi connectivity index (χ0v) is 22.2. The smallest absolute Gasteiger partial charge is 0.327 e. The average Bonchev–Trinajstić information content (AvgIpc) is 3.04. The van der Waals surface area contributed by atoms with Gasteiger partial charge in [0.05, 0.1) is 10.5 Å². The zero-order chi connectivity index (χ0) is 26.5. The van der Waals surface area contributed by atoms with E-state index in [1.807, 2.05) is 48.2 Å². The first-order valence-electron chi connectivity index (χ1n) is 12.7. The van der Waals surface area contributed by atoms with Gasteiger partial charge < -0.3 is 15.1 Å². The lowest BCUT2D eigenvalue weighted by Crippen LogP contribution is -2.55. The Hall–Kier alpha value is -2.98. The molecule has 0 aliphatic carbocycles. The molecule has 2 aromatic rings. The van der Waals surface area contributed by atoms with E-state index in [4.69, 9.17) is 0 Å². The summed E-state index contributed by atoms with van der Waals surface area (Å²) in [5.74, 6) is -0.627. The van der Waals surface area contributed by atoms with Crippen molar-refractivity contribution in [3.05, 3.63) is 65.5 Å². The molecular formula is C27H33FN4O4S. The number of rotatable bonds is 4. The van der Waals surface area contributed by atoms with Crippen LogP contribution in [0.1, 0.15) is 36.1 Å². The van der Waals surface area contributed by atoms with Gasteiger partial charge in [-0.1, -0.05) is 36.4 Å². The van der Waals surface area contributed by atoms with E-state index in [2.05, 4.69) is 5.32 Å². The molecule has 3 saturated heterocycles. The Labute approximate surface area is 217 Å². The van der Waals surface area contributed by atoms with Gasteiger partial charge in [-0.3, -0.25) is 9.69 Å². The predicted molar refractivity (Wildman–Crippen MR) is 140 cm³/mol. The lowest BCUT2D eigenvalue weighted by Gasteiger charge is -2.41. The van der Waals surface area contributed by atoms with E-state index >= 15 is 4.39 Å². The molecule has 5 rings (SSSR count). The molecule has 0 radical (unpaired) electrons. The van der Waals surface area contributed by atoms with Gasteiger partial charge in [0.2, 0.25) is 0 Å². The number of benzene rings is 2. The number of hydrogen-bond acceptors (Lipinski definition) is 6. The molecule has 3 amide bonds. The Bertz CT molecular complexity index is 1310. The number of carbonyl (C=O) groups excluding carboxylic acids is 2. The quantitative estimate of drug-likeness (QED) is 0.614. The van der Waals surface area contributed by atoms with Gasteiger partial charge in [0, 0.05) is 45.5 Å². The van der Waals surface area contributed by atoms with Crippen LogP contribution in [0.4, 0.5) is 14.9 Å². The predicted octanol–water partition coefficient (Wildman–Crippen LogP) is 2.75. The number of amides is 3. The van der Waals surface area contributed by atoms with Crippen LogP contribution in [-0.2, 0) is 21.1 Å². The Morgan fingerprint density at radius 2 is 1.73 bits per heavy atom. The number of nitrogens with one attached hydrogen (secondary N) is 1. The lowest BCUT2D eigenvalue weighted by atomic mass is 9.86. The molecule has 3 heterocycles. The van der Waals surface area contributed by atoms with Crippen molar-refractivity contribution in [1.29, 1.82) is 0 Å². The molecule has 3 aliphatic heterocycles. The van der Waals surface area contributed by atoms with Gasteiger partial charge >= 0.3 is 6.03 Å². The summed E-state index contributed by atoms with van der Waals surface area (Å²) in [6.07, 6.45) is 1.02. The first kappa shape index (κ1) is 25.7. The monoisotopic (exact) mass is 528 g/mol. The van der Waals surface area contributed by atoms with Gasteiger partial charge in [-0.25, -0.2) is 17.6 Å². The summed E-state index contributed by atoms with van der Waals surface area (Å²) >= 11 is 0. The number of anilines is 1. The highest BCUT2D eigenvalue weighted by molar-refractivity contribution is 7.92. The maximum absolute atomic E-state index is 15.3. The fraction of sp³-hybridized carbons (Fsp3) is 0.481. The van der Waals surface area contributed by atoms with Crippen molar-refractivity contribution in [2.45, 2.75) is 48.3 Å². The molecule has 0 saturated carbocycles. The van der Waals surface area contributed by atoms with Crippen molar-refractivity contribution in [2.75, 3.05) is 38.6 Å². The number of urea groups is 1. The van der Waals surface area contributed by atoms with Crippen LogP contribution in [0.2, 0.25) is 0 Å². The summed E-state index contributed by atoms with van der Waals surface area (Å²) in [7, 11) is -0.393. The van der Waals surface area contributed by atoms with Crippen LogP contribution in [0.15, 0.2) is 48.5 Å². The average molecular weight is 529 g/mol. The Balaban J connectivity index is 1.31. The van der Waals surface area contributed by atoms with Crippen LogP contribution in [0, 0.1) is 5.82 Å². The fourth-order valence-corrected chi connectivity index (χ4v) is 8.42. The van der Waals surface area contributed by atoms with Gasteiger partial charge in [0.1, 0.15) is 11.4 Å². The largest absolute Gasteiger partial charge is 0.371 e. The first-order valence-corrected chi connectivity index (χ1v) is 14.3.